The summed E-state index contributed by atoms with van der Waals surface area (Å²) in [5.74, 6) is -0.378. The number of pyridine rings is 1. The van der Waals surface area contributed by atoms with Gasteiger partial charge in [-0.15, -0.1) is 0 Å². The van der Waals surface area contributed by atoms with Crippen LogP contribution in [0.5, 0.6) is 0 Å². The van der Waals surface area contributed by atoms with Gasteiger partial charge in [-0.05, 0) is 17.5 Å². The fourth-order valence-electron chi connectivity index (χ4n) is 4.19. The number of hydrazine groups is 1. The Morgan fingerprint density at radius 3 is 3.07 bits per heavy atom. The Morgan fingerprint density at radius 1 is 1.41 bits per heavy atom. The van der Waals surface area contributed by atoms with Crippen molar-refractivity contribution < 1.29 is 9.18 Å². The highest BCUT2D eigenvalue weighted by molar-refractivity contribution is 5.94. The Balaban J connectivity index is 1.52. The Hall–Kier alpha value is -1.69. The van der Waals surface area contributed by atoms with E-state index in [9.17, 15) is 9.18 Å². The van der Waals surface area contributed by atoms with E-state index in [1.807, 2.05) is 6.07 Å². The lowest BCUT2D eigenvalue weighted by Crippen LogP contribution is -2.58. The molecule has 1 aromatic heterocycles. The number of hydrogen-bond acceptors (Lipinski definition) is 8. The Bertz CT molecular complexity index is 691. The number of alkyl halides is 1. The molecule has 148 valence electrons. The number of aromatic nitrogens is 1. The van der Waals surface area contributed by atoms with E-state index < -0.39 is 18.3 Å². The summed E-state index contributed by atoms with van der Waals surface area (Å²) in [5, 5.41) is 14.5. The third-order valence-corrected chi connectivity index (χ3v) is 5.55. The highest BCUT2D eigenvalue weighted by atomic mass is 19.1. The maximum Gasteiger partial charge on any atom is 0.233 e. The number of nitrogens with zero attached hydrogens (tertiary/aromatic N) is 2. The van der Waals surface area contributed by atoms with Crippen LogP contribution in [0.3, 0.4) is 0 Å². The first-order valence-corrected chi connectivity index (χ1v) is 9.39. The molecule has 3 saturated heterocycles. The van der Waals surface area contributed by atoms with Crippen LogP contribution in [0.25, 0.3) is 0 Å². The lowest BCUT2D eigenvalue weighted by atomic mass is 9.92. The van der Waals surface area contributed by atoms with E-state index in [4.69, 9.17) is 5.73 Å². The molecule has 4 rings (SSSR count). The molecule has 0 radical (unpaired) electrons. The summed E-state index contributed by atoms with van der Waals surface area (Å²) in [6.07, 6.45) is 1.50. The SMILES string of the molecule is CC1CNCNC1c1ccncc1NC(=O)C1C(N)NN2CC(F)CNC12. The number of carbonyl (C=O) groups is 1. The molecule has 3 fully saturated rings. The van der Waals surface area contributed by atoms with E-state index >= 15 is 0 Å². The average Bonchev–Trinajstić information content (AvgIpc) is 2.97. The van der Waals surface area contributed by atoms with Gasteiger partial charge in [0.1, 0.15) is 6.17 Å². The number of fused-ring (bicyclic) bond motifs is 1. The molecule has 0 saturated carbocycles. The van der Waals surface area contributed by atoms with Crippen molar-refractivity contribution >= 4 is 11.6 Å². The second kappa shape index (κ2) is 7.74. The maximum atomic E-state index is 13.6. The fraction of sp³-hybridized carbons (Fsp3) is 0.647. The summed E-state index contributed by atoms with van der Waals surface area (Å²) in [5.41, 5.74) is 10.8. The van der Waals surface area contributed by atoms with E-state index in [1.54, 1.807) is 17.4 Å². The van der Waals surface area contributed by atoms with Crippen molar-refractivity contribution in [1.82, 2.24) is 31.4 Å². The second-order valence-electron chi connectivity index (χ2n) is 7.53. The third-order valence-electron chi connectivity index (χ3n) is 5.55. The second-order valence-corrected chi connectivity index (χ2v) is 7.53. The highest BCUT2D eigenvalue weighted by Gasteiger charge is 2.47. The first kappa shape index (κ1) is 18.7. The van der Waals surface area contributed by atoms with E-state index in [1.165, 1.54) is 0 Å². The lowest BCUT2D eigenvalue weighted by molar-refractivity contribution is -0.121. The van der Waals surface area contributed by atoms with Crippen LogP contribution in [0, 0.1) is 11.8 Å². The Morgan fingerprint density at radius 2 is 2.26 bits per heavy atom. The largest absolute Gasteiger partial charge is 0.324 e. The molecule has 7 N–H and O–H groups in total. The Kier molecular flexibility index (Phi) is 5.35. The van der Waals surface area contributed by atoms with Gasteiger partial charge in [-0.3, -0.25) is 20.4 Å². The van der Waals surface area contributed by atoms with Crippen LogP contribution < -0.4 is 32.4 Å². The molecule has 6 unspecified atom stereocenters. The van der Waals surface area contributed by atoms with Crippen molar-refractivity contribution in [2.45, 2.75) is 31.5 Å². The average molecular weight is 378 g/mol. The molecule has 1 amide bonds. The molecular weight excluding hydrogens is 351 g/mol. The van der Waals surface area contributed by atoms with Gasteiger partial charge in [0, 0.05) is 38.5 Å². The standard InChI is InChI=1S/C17H27FN8O/c1-9-4-21-8-23-14(9)11-2-3-20-6-12(11)24-17(27)13-15(19)25-26-7-10(18)5-22-16(13)26/h2-3,6,9-10,13-16,21-23,25H,4-5,7-8,19H2,1H3,(H,24,27). The van der Waals surface area contributed by atoms with E-state index in [0.29, 0.717) is 18.3 Å². The molecule has 3 aliphatic rings. The number of anilines is 1. The lowest BCUT2D eigenvalue weighted by Gasteiger charge is -2.34. The van der Waals surface area contributed by atoms with Crippen LogP contribution in [0.2, 0.25) is 0 Å². The van der Waals surface area contributed by atoms with Crippen molar-refractivity contribution in [2.24, 2.45) is 17.6 Å². The zero-order valence-electron chi connectivity index (χ0n) is 15.3. The normalized spacial score (nSPS) is 37.0. The van der Waals surface area contributed by atoms with Gasteiger partial charge in [0.15, 0.2) is 0 Å². The van der Waals surface area contributed by atoms with Crippen LogP contribution in [-0.4, -0.2) is 60.7 Å². The molecule has 27 heavy (non-hydrogen) atoms. The molecule has 10 heteroatoms. The summed E-state index contributed by atoms with van der Waals surface area (Å²) in [4.78, 5) is 17.2. The molecule has 0 aromatic carbocycles. The fourth-order valence-corrected chi connectivity index (χ4v) is 4.19. The first-order valence-electron chi connectivity index (χ1n) is 9.39. The summed E-state index contributed by atoms with van der Waals surface area (Å²) >= 11 is 0. The summed E-state index contributed by atoms with van der Waals surface area (Å²) < 4.78 is 13.6. The summed E-state index contributed by atoms with van der Waals surface area (Å²) in [6, 6.07) is 2.05. The summed E-state index contributed by atoms with van der Waals surface area (Å²) in [7, 11) is 0. The van der Waals surface area contributed by atoms with Crippen LogP contribution in [0.1, 0.15) is 18.5 Å². The number of nitrogens with one attached hydrogen (secondary N) is 5. The van der Waals surface area contributed by atoms with E-state index in [0.717, 1.165) is 12.1 Å². The van der Waals surface area contributed by atoms with Crippen molar-refractivity contribution in [3.63, 3.8) is 0 Å². The minimum absolute atomic E-state index is 0.122. The topological polar surface area (TPSA) is 119 Å². The quantitative estimate of drug-likeness (QED) is 0.390. The van der Waals surface area contributed by atoms with Gasteiger partial charge < -0.3 is 16.4 Å². The molecule has 3 aliphatic heterocycles. The zero-order chi connectivity index (χ0) is 19.0. The van der Waals surface area contributed by atoms with Gasteiger partial charge in [0.05, 0.1) is 30.1 Å². The number of carbonyl (C=O) groups excluding carboxylic acids is 1. The number of hydrogen-bond donors (Lipinski definition) is 6. The number of amides is 1. The molecule has 9 nitrogen and oxygen atoms in total. The van der Waals surface area contributed by atoms with Gasteiger partial charge in [0.2, 0.25) is 5.91 Å². The summed E-state index contributed by atoms with van der Waals surface area (Å²) in [6.45, 7) is 4.20. The monoisotopic (exact) mass is 378 g/mol. The van der Waals surface area contributed by atoms with Crippen LogP contribution in [0.4, 0.5) is 10.1 Å². The molecule has 0 bridgehead atoms. The smallest absolute Gasteiger partial charge is 0.233 e. The van der Waals surface area contributed by atoms with Crippen LogP contribution in [0.15, 0.2) is 18.5 Å². The van der Waals surface area contributed by atoms with Crippen LogP contribution >= 0.6 is 0 Å². The van der Waals surface area contributed by atoms with Crippen molar-refractivity contribution in [3.05, 3.63) is 24.0 Å². The maximum absolute atomic E-state index is 13.6. The number of halogens is 1. The van der Waals surface area contributed by atoms with Gasteiger partial charge in [-0.2, -0.15) is 0 Å². The highest BCUT2D eigenvalue weighted by Crippen LogP contribution is 2.30. The third kappa shape index (κ3) is 3.68. The first-order chi connectivity index (χ1) is 13.0. The molecule has 0 aliphatic carbocycles. The zero-order valence-corrected chi connectivity index (χ0v) is 15.3. The molecule has 0 spiro atoms. The minimum atomic E-state index is -0.986. The predicted octanol–water partition coefficient (Wildman–Crippen LogP) is -1.16. The van der Waals surface area contributed by atoms with Gasteiger partial charge >= 0.3 is 0 Å². The van der Waals surface area contributed by atoms with E-state index in [2.05, 4.69) is 38.6 Å². The van der Waals surface area contributed by atoms with Crippen molar-refractivity contribution in [3.8, 4) is 0 Å². The van der Waals surface area contributed by atoms with E-state index in [-0.39, 0.29) is 31.2 Å². The Labute approximate surface area is 157 Å². The predicted molar refractivity (Wildman–Crippen MR) is 98.8 cm³/mol. The van der Waals surface area contributed by atoms with Crippen molar-refractivity contribution in [1.29, 1.82) is 0 Å². The van der Waals surface area contributed by atoms with Gasteiger partial charge in [-0.25, -0.2) is 14.8 Å². The van der Waals surface area contributed by atoms with Gasteiger partial charge in [-0.1, -0.05) is 6.92 Å². The molecule has 6 atom stereocenters. The number of nitrogens with two attached hydrogens (primary N) is 1. The molecule has 1 aromatic rings. The number of rotatable bonds is 3. The van der Waals surface area contributed by atoms with Crippen molar-refractivity contribution in [2.75, 3.05) is 31.6 Å². The minimum Gasteiger partial charge on any atom is -0.324 e. The van der Waals surface area contributed by atoms with Gasteiger partial charge in [0.25, 0.3) is 0 Å². The molecular formula is C17H27FN8O. The van der Waals surface area contributed by atoms with Crippen LogP contribution in [-0.2, 0) is 4.79 Å². The molecule has 4 heterocycles.